The molecule has 4 N–H and O–H groups in total. The van der Waals surface area contributed by atoms with Crippen molar-refractivity contribution < 1.29 is 31.5 Å². The Labute approximate surface area is 361 Å². The van der Waals surface area contributed by atoms with E-state index in [1.54, 1.807) is 18.5 Å². The topological polar surface area (TPSA) is 151 Å². The molecule has 2 bridgehead atoms. The zero-order valence-electron chi connectivity index (χ0n) is 33.5. The highest BCUT2D eigenvalue weighted by Gasteiger charge is 2.43. The molecule has 1 saturated heterocycles. The molecule has 12 nitrogen and oxygen atoms in total. The first-order valence-corrected chi connectivity index (χ1v) is 21.4. The molecule has 2 amide bonds. The number of carbonyl (C=O) groups is 2. The van der Waals surface area contributed by atoms with Gasteiger partial charge < -0.3 is 25.8 Å². The summed E-state index contributed by atoms with van der Waals surface area (Å²) < 4.78 is 74.6. The SMILES string of the molecule is NC(=O)c1cc(-c2cc3sc(N4CCN(c5ccc(-c6ncc[nH]6)cc5)CC4)nc3nc2[C@H](Cc2cc(F)cc(F)c2)NC(=O)Cn2nc(C(F)F)c3c2C2CC(C3)C2)ccc1F. The third-order valence-corrected chi connectivity index (χ3v) is 13.3. The Morgan fingerprint density at radius 1 is 0.889 bits per heavy atom. The molecule has 3 aromatic carbocycles. The Bertz CT molecular complexity index is 2850. The number of aromatic nitrogens is 6. The van der Waals surface area contributed by atoms with E-state index in [1.165, 1.54) is 28.2 Å². The third kappa shape index (κ3) is 7.87. The minimum Gasteiger partial charge on any atom is -0.368 e. The van der Waals surface area contributed by atoms with Crippen molar-refractivity contribution in [3.63, 3.8) is 0 Å². The molecule has 11 rings (SSSR count). The lowest BCUT2D eigenvalue weighted by Gasteiger charge is -2.41. The Hall–Kier alpha value is -6.69. The van der Waals surface area contributed by atoms with Gasteiger partial charge in [0.1, 0.15) is 35.5 Å². The number of benzene rings is 3. The molecule has 18 heteroatoms. The highest BCUT2D eigenvalue weighted by atomic mass is 32.1. The molecule has 0 spiro atoms. The van der Waals surface area contributed by atoms with Gasteiger partial charge in [0.05, 0.1) is 22.0 Å². The molecule has 63 heavy (non-hydrogen) atoms. The molecule has 322 valence electrons. The highest BCUT2D eigenvalue weighted by Crippen LogP contribution is 2.51. The van der Waals surface area contributed by atoms with Crippen LogP contribution in [0.4, 0.5) is 32.8 Å². The fourth-order valence-corrected chi connectivity index (χ4v) is 10.3. The fraction of sp³-hybridized carbons (Fsp3) is 0.289. The van der Waals surface area contributed by atoms with Crippen LogP contribution in [0.1, 0.15) is 69.8 Å². The van der Waals surface area contributed by atoms with Gasteiger partial charge in [-0.25, -0.2) is 31.9 Å². The number of piperazine rings is 1. The van der Waals surface area contributed by atoms with Crippen LogP contribution in [0.2, 0.25) is 0 Å². The van der Waals surface area contributed by atoms with Crippen LogP contribution in [0.5, 0.6) is 0 Å². The van der Waals surface area contributed by atoms with Gasteiger partial charge in [-0.15, -0.1) is 0 Å². The smallest absolute Gasteiger partial charge is 0.282 e. The fourth-order valence-electron chi connectivity index (χ4n) is 9.25. The van der Waals surface area contributed by atoms with Crippen molar-refractivity contribution in [3.05, 3.63) is 130 Å². The van der Waals surface area contributed by atoms with Gasteiger partial charge in [0, 0.05) is 78.6 Å². The lowest BCUT2D eigenvalue weighted by molar-refractivity contribution is -0.122. The van der Waals surface area contributed by atoms with Crippen molar-refractivity contribution >= 4 is 44.3 Å². The molecule has 3 aliphatic carbocycles. The summed E-state index contributed by atoms with van der Waals surface area (Å²) in [5.41, 5.74) is 9.49. The summed E-state index contributed by atoms with van der Waals surface area (Å²) in [5.74, 6) is -2.98. The normalized spacial score (nSPS) is 17.5. The molecular formula is C45H39F5N10O2S. The minimum atomic E-state index is -2.81. The predicted octanol–water partition coefficient (Wildman–Crippen LogP) is 7.88. The second-order valence-electron chi connectivity index (χ2n) is 16.3. The van der Waals surface area contributed by atoms with Crippen molar-refractivity contribution in [1.29, 1.82) is 0 Å². The van der Waals surface area contributed by atoms with Crippen LogP contribution in [0.3, 0.4) is 0 Å². The molecule has 1 saturated carbocycles. The molecule has 1 atom stereocenters. The van der Waals surface area contributed by atoms with Gasteiger partial charge in [-0.05, 0) is 97.3 Å². The zero-order chi connectivity index (χ0) is 43.5. The van der Waals surface area contributed by atoms with E-state index in [4.69, 9.17) is 15.7 Å². The van der Waals surface area contributed by atoms with Crippen LogP contribution < -0.4 is 20.9 Å². The van der Waals surface area contributed by atoms with Crippen LogP contribution >= 0.6 is 11.3 Å². The van der Waals surface area contributed by atoms with Gasteiger partial charge in [0.15, 0.2) is 10.8 Å². The second kappa shape index (κ2) is 16.2. The number of halogens is 5. The first-order chi connectivity index (χ1) is 30.4. The maximum absolute atomic E-state index is 14.9. The van der Waals surface area contributed by atoms with Crippen LogP contribution in [0.15, 0.2) is 79.1 Å². The summed E-state index contributed by atoms with van der Waals surface area (Å²) in [6, 6.07) is 15.7. The maximum Gasteiger partial charge on any atom is 0.282 e. The van der Waals surface area contributed by atoms with Crippen molar-refractivity contribution in [2.45, 2.75) is 50.6 Å². The average Bonchev–Trinajstić information content (AvgIpc) is 4.03. The van der Waals surface area contributed by atoms with E-state index in [-0.39, 0.29) is 34.9 Å². The van der Waals surface area contributed by atoms with E-state index in [1.807, 2.05) is 12.1 Å². The first kappa shape index (κ1) is 40.4. The monoisotopic (exact) mass is 878 g/mol. The lowest BCUT2D eigenvalue weighted by atomic mass is 9.64. The van der Waals surface area contributed by atoms with Gasteiger partial charge in [0.25, 0.3) is 12.3 Å². The molecule has 2 fully saturated rings. The number of nitrogens with two attached hydrogens (primary N) is 1. The molecule has 4 aliphatic rings. The van der Waals surface area contributed by atoms with E-state index in [9.17, 15) is 31.5 Å². The molecule has 7 aromatic rings. The Morgan fingerprint density at radius 2 is 1.62 bits per heavy atom. The summed E-state index contributed by atoms with van der Waals surface area (Å²) in [4.78, 5) is 48.3. The predicted molar refractivity (Wildman–Crippen MR) is 227 cm³/mol. The highest BCUT2D eigenvalue weighted by molar-refractivity contribution is 7.22. The Kier molecular flexibility index (Phi) is 10.4. The minimum absolute atomic E-state index is 0.0208. The number of carbonyl (C=O) groups excluding carboxylic acids is 2. The van der Waals surface area contributed by atoms with E-state index < -0.39 is 48.3 Å². The number of anilines is 2. The van der Waals surface area contributed by atoms with Crippen molar-refractivity contribution in [1.82, 2.24) is 35.0 Å². The number of thiazole rings is 1. The van der Waals surface area contributed by atoms with Gasteiger partial charge in [-0.1, -0.05) is 17.4 Å². The molecule has 5 heterocycles. The number of hydrogen-bond acceptors (Lipinski definition) is 9. The third-order valence-electron chi connectivity index (χ3n) is 12.3. The summed E-state index contributed by atoms with van der Waals surface area (Å²) in [7, 11) is 0. The number of hydrogen-bond donors (Lipinski definition) is 3. The number of nitrogens with one attached hydrogen (secondary N) is 2. The van der Waals surface area contributed by atoms with Crippen molar-refractivity contribution in [2.24, 2.45) is 11.7 Å². The molecule has 0 unspecified atom stereocenters. The van der Waals surface area contributed by atoms with Gasteiger partial charge in [-0.3, -0.25) is 14.3 Å². The zero-order valence-corrected chi connectivity index (χ0v) is 34.3. The summed E-state index contributed by atoms with van der Waals surface area (Å²) in [5, 5.41) is 7.86. The molecule has 0 radical (unpaired) electrons. The molecular weight excluding hydrogens is 840 g/mol. The number of aromatic amines is 1. The molecule has 4 aromatic heterocycles. The van der Waals surface area contributed by atoms with Gasteiger partial charge >= 0.3 is 0 Å². The van der Waals surface area contributed by atoms with Crippen LogP contribution in [0.25, 0.3) is 32.9 Å². The lowest BCUT2D eigenvalue weighted by Crippen LogP contribution is -2.46. The average molecular weight is 879 g/mol. The van der Waals surface area contributed by atoms with Crippen LogP contribution in [-0.2, 0) is 24.2 Å². The quantitative estimate of drug-likeness (QED) is 0.105. The maximum atomic E-state index is 14.9. The summed E-state index contributed by atoms with van der Waals surface area (Å²) >= 11 is 1.39. The van der Waals surface area contributed by atoms with Crippen molar-refractivity contribution in [2.75, 3.05) is 36.0 Å². The van der Waals surface area contributed by atoms with Gasteiger partial charge in [-0.2, -0.15) is 10.1 Å². The Morgan fingerprint density at radius 3 is 2.32 bits per heavy atom. The summed E-state index contributed by atoms with van der Waals surface area (Å²) in [6.45, 7) is 2.32. The first-order valence-electron chi connectivity index (χ1n) is 20.6. The number of fused-ring (bicyclic) bond motifs is 1. The number of pyridine rings is 1. The number of imidazole rings is 1. The number of rotatable bonds is 12. The number of nitrogens with zero attached hydrogens (tertiary/aromatic N) is 7. The summed E-state index contributed by atoms with van der Waals surface area (Å²) in [6.07, 6.45) is 2.66. The van der Waals surface area contributed by atoms with Crippen LogP contribution in [-0.4, -0.2) is 67.7 Å². The standard InChI is InChI=1S/C45H39F5N10O2S/c46-28-15-24(16-29(47)20-28)18-35(54-37(61)22-60-40-27-13-23(14-27)17-33(40)39(57-60)41(49)50)38-31(26-3-6-34(48)32(19-26)42(51)62)21-36-44(55-38)56-45(63-36)59-11-9-58(10-12-59)30-4-1-25(2-5-30)43-52-7-8-53-43/h1-8,15-16,19-21,23,27,35,41H,9-14,17-18,22H2,(H2,51,62)(H,52,53)(H,54,61)/t23?,27?,35-/m0/s1. The Balaban J connectivity index is 0.998. The number of primary amides is 1. The number of alkyl halides is 2. The van der Waals surface area contributed by atoms with Crippen molar-refractivity contribution in [3.8, 4) is 22.5 Å². The van der Waals surface area contributed by atoms with E-state index >= 15 is 0 Å². The number of amides is 2. The van der Waals surface area contributed by atoms with E-state index in [0.717, 1.165) is 54.2 Å². The van der Waals surface area contributed by atoms with Gasteiger partial charge in [0.2, 0.25) is 5.91 Å². The number of H-pyrrole nitrogens is 1. The largest absolute Gasteiger partial charge is 0.368 e. The molecule has 1 aliphatic heterocycles. The second-order valence-corrected chi connectivity index (χ2v) is 17.3. The van der Waals surface area contributed by atoms with Crippen LogP contribution in [0, 0.1) is 23.4 Å². The van der Waals surface area contributed by atoms with E-state index in [2.05, 4.69) is 42.3 Å². The van der Waals surface area contributed by atoms with E-state index in [0.29, 0.717) is 76.4 Å².